The van der Waals surface area contributed by atoms with E-state index in [2.05, 4.69) is 4.90 Å². The number of carbonyl (C=O) groups excluding carboxylic acids is 1. The average Bonchev–Trinajstić information content (AvgIpc) is 2.96. The Kier molecular flexibility index (Phi) is 7.71. The highest BCUT2D eigenvalue weighted by atomic mass is 16.5. The summed E-state index contributed by atoms with van der Waals surface area (Å²) < 4.78 is 16.8. The minimum absolute atomic E-state index is 0.0338. The molecule has 0 amide bonds. The van der Waals surface area contributed by atoms with Crippen molar-refractivity contribution in [2.75, 3.05) is 40.5 Å². The van der Waals surface area contributed by atoms with Crippen LogP contribution in [0.2, 0.25) is 0 Å². The number of hydrogen-bond acceptors (Lipinski definition) is 5. The molecule has 0 bridgehead atoms. The number of ketones is 1. The van der Waals surface area contributed by atoms with Crippen LogP contribution >= 0.6 is 0 Å². The number of benzene rings is 4. The Morgan fingerprint density at radius 2 is 1.51 bits per heavy atom. The first-order valence-corrected chi connectivity index (χ1v) is 12.9. The molecule has 5 heteroatoms. The number of ether oxygens (including phenoxy) is 3. The molecular formula is C32H33NO4. The van der Waals surface area contributed by atoms with E-state index in [4.69, 9.17) is 14.2 Å². The summed E-state index contributed by atoms with van der Waals surface area (Å²) in [5.74, 6) is 2.25. The molecule has 0 atom stereocenters. The molecule has 190 valence electrons. The molecule has 5 nitrogen and oxygen atoms in total. The summed E-state index contributed by atoms with van der Waals surface area (Å²) in [5.41, 5.74) is 3.07. The van der Waals surface area contributed by atoms with E-state index in [9.17, 15) is 4.79 Å². The maximum Gasteiger partial charge on any atom is 0.194 e. The van der Waals surface area contributed by atoms with Gasteiger partial charge in [-0.2, -0.15) is 0 Å². The number of carbonyl (C=O) groups is 1. The number of likely N-dealkylation sites (tertiary alicyclic amines) is 1. The van der Waals surface area contributed by atoms with Crippen LogP contribution in [0.1, 0.15) is 35.2 Å². The highest BCUT2D eigenvalue weighted by Gasteiger charge is 2.19. The predicted molar refractivity (Wildman–Crippen MR) is 148 cm³/mol. The van der Waals surface area contributed by atoms with Crippen LogP contribution in [0.4, 0.5) is 0 Å². The summed E-state index contributed by atoms with van der Waals surface area (Å²) >= 11 is 0. The van der Waals surface area contributed by atoms with Gasteiger partial charge in [-0.15, -0.1) is 0 Å². The van der Waals surface area contributed by atoms with Gasteiger partial charge in [0.2, 0.25) is 0 Å². The van der Waals surface area contributed by atoms with Gasteiger partial charge in [-0.3, -0.25) is 9.69 Å². The highest BCUT2D eigenvalue weighted by Crippen LogP contribution is 2.35. The number of hydrogen-bond donors (Lipinski definition) is 0. The second kappa shape index (κ2) is 11.5. The number of piperidine rings is 1. The monoisotopic (exact) mass is 495 g/mol. The fourth-order valence-electron chi connectivity index (χ4n) is 5.03. The quantitative estimate of drug-likeness (QED) is 0.244. The number of methoxy groups -OCH3 is 2. The summed E-state index contributed by atoms with van der Waals surface area (Å²) in [6.07, 6.45) is 3.88. The molecule has 1 heterocycles. The third-order valence-electron chi connectivity index (χ3n) is 7.08. The summed E-state index contributed by atoms with van der Waals surface area (Å²) in [7, 11) is 3.29. The lowest BCUT2D eigenvalue weighted by Gasteiger charge is -2.26. The Labute approximate surface area is 218 Å². The van der Waals surface area contributed by atoms with Gasteiger partial charge in [-0.1, -0.05) is 30.7 Å². The van der Waals surface area contributed by atoms with Crippen LogP contribution in [0, 0.1) is 0 Å². The maximum atomic E-state index is 14.0. The van der Waals surface area contributed by atoms with Crippen molar-refractivity contribution in [1.29, 1.82) is 0 Å². The Bertz CT molecular complexity index is 1370. The van der Waals surface area contributed by atoms with Gasteiger partial charge in [-0.05, 0) is 102 Å². The zero-order valence-corrected chi connectivity index (χ0v) is 21.5. The Morgan fingerprint density at radius 1 is 0.784 bits per heavy atom. The second-order valence-corrected chi connectivity index (χ2v) is 9.41. The van der Waals surface area contributed by atoms with Crippen molar-refractivity contribution < 1.29 is 19.0 Å². The predicted octanol–water partition coefficient (Wildman–Crippen LogP) is 6.62. The van der Waals surface area contributed by atoms with E-state index in [-0.39, 0.29) is 5.78 Å². The Morgan fingerprint density at radius 3 is 2.27 bits per heavy atom. The third kappa shape index (κ3) is 5.62. The normalized spacial score (nSPS) is 13.9. The van der Waals surface area contributed by atoms with Crippen LogP contribution in [-0.4, -0.2) is 51.1 Å². The SMILES string of the molecule is COc1cccc(-c2ccc3cc(OC)ccc3c2C(=O)c2ccc(OCCN3CCCCC3)cc2)c1. The topological polar surface area (TPSA) is 48.0 Å². The molecule has 1 saturated heterocycles. The lowest BCUT2D eigenvalue weighted by Crippen LogP contribution is -2.33. The smallest absolute Gasteiger partial charge is 0.194 e. The van der Waals surface area contributed by atoms with Crippen LogP contribution in [0.3, 0.4) is 0 Å². The standard InChI is InChI=1S/C32H33NO4/c1-35-27-8-6-7-24(21-27)29-15-11-25-22-28(36-2)14-16-30(25)31(29)32(34)23-9-12-26(13-10-23)37-20-19-33-17-4-3-5-18-33/h6-16,21-22H,3-5,17-20H2,1-2H3. The Hall–Kier alpha value is -3.83. The van der Waals surface area contributed by atoms with Gasteiger partial charge in [0.15, 0.2) is 5.78 Å². The van der Waals surface area contributed by atoms with Crippen molar-refractivity contribution in [3.8, 4) is 28.4 Å². The average molecular weight is 496 g/mol. The summed E-state index contributed by atoms with van der Waals surface area (Å²) in [6, 6.07) is 25.2. The molecule has 37 heavy (non-hydrogen) atoms. The maximum absolute atomic E-state index is 14.0. The molecule has 1 fully saturated rings. The van der Waals surface area contributed by atoms with E-state index >= 15 is 0 Å². The molecule has 4 aromatic carbocycles. The fraction of sp³-hybridized carbons (Fsp3) is 0.281. The molecule has 1 aliphatic rings. The van der Waals surface area contributed by atoms with Crippen LogP contribution in [0.15, 0.2) is 78.9 Å². The first-order valence-electron chi connectivity index (χ1n) is 12.9. The van der Waals surface area contributed by atoms with Crippen molar-refractivity contribution in [3.63, 3.8) is 0 Å². The van der Waals surface area contributed by atoms with E-state index in [1.165, 1.54) is 19.3 Å². The zero-order chi connectivity index (χ0) is 25.6. The molecule has 5 rings (SSSR count). The number of nitrogens with zero attached hydrogens (tertiary/aromatic N) is 1. The fourth-order valence-corrected chi connectivity index (χ4v) is 5.03. The third-order valence-corrected chi connectivity index (χ3v) is 7.08. The van der Waals surface area contributed by atoms with Crippen LogP contribution in [-0.2, 0) is 0 Å². The Balaban J connectivity index is 1.44. The van der Waals surface area contributed by atoms with Gasteiger partial charge < -0.3 is 14.2 Å². The molecule has 0 saturated carbocycles. The molecular weight excluding hydrogens is 462 g/mol. The summed E-state index contributed by atoms with van der Waals surface area (Å²) in [5, 5.41) is 1.83. The van der Waals surface area contributed by atoms with Gasteiger partial charge in [0.05, 0.1) is 14.2 Å². The zero-order valence-electron chi connectivity index (χ0n) is 21.5. The van der Waals surface area contributed by atoms with Crippen molar-refractivity contribution in [1.82, 2.24) is 4.90 Å². The molecule has 0 spiro atoms. The van der Waals surface area contributed by atoms with E-state index in [1.807, 2.05) is 78.9 Å². The molecule has 1 aliphatic heterocycles. The molecule has 0 aromatic heterocycles. The van der Waals surface area contributed by atoms with Gasteiger partial charge in [-0.25, -0.2) is 0 Å². The van der Waals surface area contributed by atoms with Crippen LogP contribution in [0.5, 0.6) is 17.2 Å². The van der Waals surface area contributed by atoms with Crippen LogP contribution < -0.4 is 14.2 Å². The van der Waals surface area contributed by atoms with Gasteiger partial charge in [0.1, 0.15) is 23.9 Å². The van der Waals surface area contributed by atoms with Crippen molar-refractivity contribution >= 4 is 16.6 Å². The molecule has 0 radical (unpaired) electrons. The van der Waals surface area contributed by atoms with Gasteiger partial charge in [0.25, 0.3) is 0 Å². The molecule has 0 N–H and O–H groups in total. The second-order valence-electron chi connectivity index (χ2n) is 9.41. The minimum atomic E-state index is -0.0338. The summed E-state index contributed by atoms with van der Waals surface area (Å²) in [4.78, 5) is 16.4. The number of fused-ring (bicyclic) bond motifs is 1. The van der Waals surface area contributed by atoms with Gasteiger partial charge >= 0.3 is 0 Å². The van der Waals surface area contributed by atoms with E-state index in [0.29, 0.717) is 17.7 Å². The minimum Gasteiger partial charge on any atom is -0.497 e. The van der Waals surface area contributed by atoms with E-state index in [0.717, 1.165) is 58.8 Å². The molecule has 4 aromatic rings. The number of rotatable bonds is 9. The first-order chi connectivity index (χ1) is 18.2. The molecule has 0 aliphatic carbocycles. The van der Waals surface area contributed by atoms with Crippen molar-refractivity contribution in [3.05, 3.63) is 90.0 Å². The highest BCUT2D eigenvalue weighted by molar-refractivity contribution is 6.20. The van der Waals surface area contributed by atoms with Crippen molar-refractivity contribution in [2.45, 2.75) is 19.3 Å². The first kappa shape index (κ1) is 24.8. The van der Waals surface area contributed by atoms with Crippen LogP contribution in [0.25, 0.3) is 21.9 Å². The van der Waals surface area contributed by atoms with Gasteiger partial charge in [0, 0.05) is 17.7 Å². The van der Waals surface area contributed by atoms with Crippen molar-refractivity contribution in [2.24, 2.45) is 0 Å². The summed E-state index contributed by atoms with van der Waals surface area (Å²) in [6.45, 7) is 3.90. The molecule has 0 unspecified atom stereocenters. The van der Waals surface area contributed by atoms with E-state index < -0.39 is 0 Å². The lowest BCUT2D eigenvalue weighted by atomic mass is 9.89. The van der Waals surface area contributed by atoms with E-state index in [1.54, 1.807) is 14.2 Å². The largest absolute Gasteiger partial charge is 0.497 e. The lowest BCUT2D eigenvalue weighted by molar-refractivity contribution is 0.104.